The summed E-state index contributed by atoms with van der Waals surface area (Å²) < 4.78 is 0. The molecule has 1 aromatic rings. The molecule has 0 unspecified atom stereocenters. The molecule has 2 N–H and O–H groups in total. The van der Waals surface area contributed by atoms with Crippen LogP contribution in [0.4, 0.5) is 0 Å². The Bertz CT molecular complexity index is 244. The normalized spacial score (nSPS) is 10.4. The van der Waals surface area contributed by atoms with Crippen LogP contribution >= 0.6 is 23.5 Å². The van der Waals surface area contributed by atoms with Gasteiger partial charge in [-0.2, -0.15) is 0 Å². The van der Waals surface area contributed by atoms with E-state index in [2.05, 4.69) is 4.98 Å². The lowest BCUT2D eigenvalue weighted by atomic mass is 10.2. The fourth-order valence-corrected chi connectivity index (χ4v) is 2.15. The molecule has 78 valence electrons. The summed E-state index contributed by atoms with van der Waals surface area (Å²) in [6.45, 7) is 0. The number of hydrogen-bond acceptors (Lipinski definition) is 5. The standard InChI is InChI=1S/C9H13NO2S2/c11-6-13-4-8-2-1-3-10-9(8)5-14-7-12/h1-3,11-12H,4-7H2. The van der Waals surface area contributed by atoms with Gasteiger partial charge in [-0.05, 0) is 11.6 Å². The van der Waals surface area contributed by atoms with Crippen molar-refractivity contribution in [2.24, 2.45) is 0 Å². The van der Waals surface area contributed by atoms with E-state index >= 15 is 0 Å². The number of hydrogen-bond donors (Lipinski definition) is 2. The molecule has 0 radical (unpaired) electrons. The van der Waals surface area contributed by atoms with Gasteiger partial charge >= 0.3 is 0 Å². The van der Waals surface area contributed by atoms with Gasteiger partial charge in [0.05, 0.1) is 17.6 Å². The molecule has 0 aliphatic heterocycles. The Morgan fingerprint density at radius 3 is 2.57 bits per heavy atom. The zero-order chi connectivity index (χ0) is 10.2. The second-order valence-corrected chi connectivity index (χ2v) is 4.47. The van der Waals surface area contributed by atoms with Gasteiger partial charge in [0.1, 0.15) is 0 Å². The molecule has 0 aromatic carbocycles. The van der Waals surface area contributed by atoms with E-state index in [0.29, 0.717) is 0 Å². The van der Waals surface area contributed by atoms with Gasteiger partial charge < -0.3 is 10.2 Å². The molecule has 3 nitrogen and oxygen atoms in total. The van der Waals surface area contributed by atoms with Crippen molar-refractivity contribution in [2.45, 2.75) is 11.5 Å². The van der Waals surface area contributed by atoms with E-state index in [1.54, 1.807) is 6.20 Å². The summed E-state index contributed by atoms with van der Waals surface area (Å²) in [5.41, 5.74) is 2.13. The molecular weight excluding hydrogens is 218 g/mol. The molecule has 0 amide bonds. The van der Waals surface area contributed by atoms with Crippen molar-refractivity contribution >= 4 is 23.5 Å². The smallest absolute Gasteiger partial charge is 0.0889 e. The first-order chi connectivity index (χ1) is 6.88. The van der Waals surface area contributed by atoms with Crippen LogP contribution in [0.3, 0.4) is 0 Å². The first kappa shape index (κ1) is 11.8. The maximum absolute atomic E-state index is 8.69. The zero-order valence-electron chi connectivity index (χ0n) is 7.72. The van der Waals surface area contributed by atoms with Crippen LogP contribution in [0, 0.1) is 0 Å². The fraction of sp³-hybridized carbons (Fsp3) is 0.444. The van der Waals surface area contributed by atoms with E-state index < -0.39 is 0 Å². The minimum Gasteiger partial charge on any atom is -0.386 e. The largest absolute Gasteiger partial charge is 0.386 e. The van der Waals surface area contributed by atoms with Crippen molar-refractivity contribution in [2.75, 3.05) is 11.9 Å². The van der Waals surface area contributed by atoms with Crippen molar-refractivity contribution in [1.82, 2.24) is 4.98 Å². The highest BCUT2D eigenvalue weighted by molar-refractivity contribution is 7.98. The van der Waals surface area contributed by atoms with E-state index in [-0.39, 0.29) is 11.9 Å². The van der Waals surface area contributed by atoms with Crippen LogP contribution in [-0.4, -0.2) is 27.1 Å². The minimum absolute atomic E-state index is 0.114. The maximum atomic E-state index is 8.69. The average Bonchev–Trinajstić information content (AvgIpc) is 2.24. The van der Waals surface area contributed by atoms with E-state index in [9.17, 15) is 0 Å². The first-order valence-corrected chi connectivity index (χ1v) is 6.49. The molecule has 1 aromatic heterocycles. The molecule has 14 heavy (non-hydrogen) atoms. The van der Waals surface area contributed by atoms with E-state index in [1.165, 1.54) is 23.5 Å². The molecule has 0 fully saturated rings. The maximum Gasteiger partial charge on any atom is 0.0889 e. The second kappa shape index (κ2) is 7.11. The Balaban J connectivity index is 2.60. The molecule has 5 heteroatoms. The highest BCUT2D eigenvalue weighted by Gasteiger charge is 2.02. The fourth-order valence-electron chi connectivity index (χ4n) is 1.03. The van der Waals surface area contributed by atoms with E-state index in [4.69, 9.17) is 10.2 Å². The van der Waals surface area contributed by atoms with E-state index in [0.717, 1.165) is 22.8 Å². The van der Waals surface area contributed by atoms with Gasteiger partial charge in [-0.25, -0.2) is 0 Å². The second-order valence-electron chi connectivity index (χ2n) is 2.56. The summed E-state index contributed by atoms with van der Waals surface area (Å²) in [5, 5.41) is 17.4. The molecular formula is C9H13NO2S2. The Kier molecular flexibility index (Phi) is 6.02. The molecule has 0 bridgehead atoms. The third kappa shape index (κ3) is 3.88. The molecule has 0 aliphatic rings. The number of thioether (sulfide) groups is 2. The van der Waals surface area contributed by atoms with Crippen molar-refractivity contribution in [3.8, 4) is 0 Å². The lowest BCUT2D eigenvalue weighted by Gasteiger charge is -2.05. The lowest BCUT2D eigenvalue weighted by molar-refractivity contribution is 0.374. The number of aliphatic hydroxyl groups excluding tert-OH is 2. The number of aliphatic hydroxyl groups is 2. The van der Waals surface area contributed by atoms with Crippen LogP contribution in [0.1, 0.15) is 11.3 Å². The van der Waals surface area contributed by atoms with Crippen LogP contribution in [0.2, 0.25) is 0 Å². The Labute approximate surface area is 91.9 Å². The third-order valence-corrected chi connectivity index (χ3v) is 3.02. The Morgan fingerprint density at radius 2 is 1.86 bits per heavy atom. The van der Waals surface area contributed by atoms with Gasteiger partial charge in [0, 0.05) is 17.7 Å². The van der Waals surface area contributed by atoms with Crippen LogP contribution in [0.15, 0.2) is 18.3 Å². The minimum atomic E-state index is 0.114. The predicted molar refractivity (Wildman–Crippen MR) is 61.0 cm³/mol. The van der Waals surface area contributed by atoms with Gasteiger partial charge in [0.25, 0.3) is 0 Å². The third-order valence-electron chi connectivity index (χ3n) is 1.66. The number of rotatable bonds is 6. The summed E-state index contributed by atoms with van der Waals surface area (Å²) >= 11 is 2.88. The van der Waals surface area contributed by atoms with Crippen LogP contribution < -0.4 is 0 Å². The van der Waals surface area contributed by atoms with Crippen LogP contribution in [0.5, 0.6) is 0 Å². The predicted octanol–water partition coefficient (Wildman–Crippen LogP) is 1.45. The van der Waals surface area contributed by atoms with Gasteiger partial charge in [0.2, 0.25) is 0 Å². The molecule has 0 atom stereocenters. The van der Waals surface area contributed by atoms with Crippen molar-refractivity contribution in [3.63, 3.8) is 0 Å². The highest BCUT2D eigenvalue weighted by atomic mass is 32.2. The summed E-state index contributed by atoms with van der Waals surface area (Å²) in [5.74, 6) is 1.73. The highest BCUT2D eigenvalue weighted by Crippen LogP contribution is 2.18. The average molecular weight is 231 g/mol. The quantitative estimate of drug-likeness (QED) is 0.726. The van der Waals surface area contributed by atoms with Gasteiger partial charge in [-0.1, -0.05) is 6.07 Å². The van der Waals surface area contributed by atoms with Crippen LogP contribution in [-0.2, 0) is 11.5 Å². The van der Waals surface area contributed by atoms with Crippen molar-refractivity contribution in [1.29, 1.82) is 0 Å². The Morgan fingerprint density at radius 1 is 1.14 bits per heavy atom. The molecule has 0 saturated carbocycles. The van der Waals surface area contributed by atoms with Crippen molar-refractivity contribution < 1.29 is 10.2 Å². The van der Waals surface area contributed by atoms with Crippen molar-refractivity contribution in [3.05, 3.63) is 29.6 Å². The SMILES string of the molecule is OCSCc1cccnc1CSCO. The molecule has 1 rings (SSSR count). The molecule has 0 spiro atoms. The summed E-state index contributed by atoms with van der Waals surface area (Å²) in [6, 6.07) is 3.89. The van der Waals surface area contributed by atoms with Gasteiger partial charge in [-0.15, -0.1) is 23.5 Å². The molecule has 1 heterocycles. The summed E-state index contributed by atoms with van der Waals surface area (Å²) in [6.07, 6.45) is 1.75. The Hall–Kier alpha value is -0.230. The van der Waals surface area contributed by atoms with Gasteiger partial charge in [-0.3, -0.25) is 4.98 Å². The number of aromatic nitrogens is 1. The molecule has 0 saturated heterocycles. The topological polar surface area (TPSA) is 53.4 Å². The zero-order valence-corrected chi connectivity index (χ0v) is 9.35. The molecule has 0 aliphatic carbocycles. The number of pyridine rings is 1. The summed E-state index contributed by atoms with van der Waals surface area (Å²) in [7, 11) is 0. The summed E-state index contributed by atoms with van der Waals surface area (Å²) in [4.78, 5) is 4.24. The monoisotopic (exact) mass is 231 g/mol. The van der Waals surface area contributed by atoms with Crippen LogP contribution in [0.25, 0.3) is 0 Å². The van der Waals surface area contributed by atoms with Gasteiger partial charge in [0.15, 0.2) is 0 Å². The van der Waals surface area contributed by atoms with E-state index in [1.807, 2.05) is 12.1 Å². The number of nitrogens with zero attached hydrogens (tertiary/aromatic N) is 1. The lowest BCUT2D eigenvalue weighted by Crippen LogP contribution is -1.95. The first-order valence-electron chi connectivity index (χ1n) is 4.18.